The van der Waals surface area contributed by atoms with Gasteiger partial charge < -0.3 is 10.4 Å². The van der Waals surface area contributed by atoms with Gasteiger partial charge in [0.25, 0.3) is 0 Å². The van der Waals surface area contributed by atoms with E-state index in [2.05, 4.69) is 12.2 Å². The Hall–Kier alpha value is -1.07. The number of nitrogens with one attached hydrogen (secondary N) is 1. The zero-order valence-electron chi connectivity index (χ0n) is 12.2. The maximum absolute atomic E-state index is 12.5. The lowest BCUT2D eigenvalue weighted by atomic mass is 9.77. The second kappa shape index (κ2) is 6.36. The third-order valence-corrected chi connectivity index (χ3v) is 4.34. The normalized spacial score (nSPS) is 26.8. The van der Waals surface area contributed by atoms with E-state index >= 15 is 0 Å². The highest BCUT2D eigenvalue weighted by Gasteiger charge is 2.34. The summed E-state index contributed by atoms with van der Waals surface area (Å²) >= 11 is 0. The number of rotatable bonds is 4. The van der Waals surface area contributed by atoms with Crippen molar-refractivity contribution in [3.63, 3.8) is 0 Å². The Labute approximate surface area is 123 Å². The van der Waals surface area contributed by atoms with E-state index in [1.54, 1.807) is 0 Å². The molecule has 5 heteroatoms. The Morgan fingerprint density at radius 1 is 1.29 bits per heavy atom. The molecule has 118 valence electrons. The minimum Gasteiger partial charge on any atom is -0.394 e. The van der Waals surface area contributed by atoms with Gasteiger partial charge in [-0.1, -0.05) is 31.9 Å². The summed E-state index contributed by atoms with van der Waals surface area (Å²) in [5, 5.41) is 13.0. The second-order valence-electron chi connectivity index (χ2n) is 6.19. The van der Waals surface area contributed by atoms with Crippen molar-refractivity contribution in [2.45, 2.75) is 50.9 Å². The Kier molecular flexibility index (Phi) is 4.94. The third kappa shape index (κ3) is 4.20. The summed E-state index contributed by atoms with van der Waals surface area (Å²) in [7, 11) is 0. The van der Waals surface area contributed by atoms with Crippen LogP contribution in [0.5, 0.6) is 0 Å². The van der Waals surface area contributed by atoms with Gasteiger partial charge in [0.2, 0.25) is 0 Å². The first-order valence-corrected chi connectivity index (χ1v) is 7.37. The van der Waals surface area contributed by atoms with Crippen LogP contribution < -0.4 is 5.32 Å². The predicted molar refractivity (Wildman–Crippen MR) is 75.7 cm³/mol. The van der Waals surface area contributed by atoms with E-state index in [0.29, 0.717) is 12.5 Å². The quantitative estimate of drug-likeness (QED) is 0.888. The van der Waals surface area contributed by atoms with Crippen molar-refractivity contribution in [1.82, 2.24) is 5.32 Å². The molecule has 2 unspecified atom stereocenters. The van der Waals surface area contributed by atoms with Gasteiger partial charge in [0.05, 0.1) is 12.2 Å². The molecule has 1 aromatic rings. The summed E-state index contributed by atoms with van der Waals surface area (Å²) in [6.45, 7) is 2.72. The molecule has 0 aromatic heterocycles. The molecule has 1 saturated carbocycles. The van der Waals surface area contributed by atoms with Gasteiger partial charge in [-0.3, -0.25) is 0 Å². The van der Waals surface area contributed by atoms with Crippen molar-refractivity contribution in [1.29, 1.82) is 0 Å². The molecule has 0 aliphatic heterocycles. The van der Waals surface area contributed by atoms with E-state index in [0.717, 1.165) is 37.0 Å². The first-order chi connectivity index (χ1) is 9.85. The molecule has 1 aliphatic carbocycles. The van der Waals surface area contributed by atoms with Crippen molar-refractivity contribution in [3.8, 4) is 0 Å². The lowest BCUT2D eigenvalue weighted by Crippen LogP contribution is -2.51. The van der Waals surface area contributed by atoms with Crippen molar-refractivity contribution in [2.24, 2.45) is 5.92 Å². The van der Waals surface area contributed by atoms with Gasteiger partial charge in [-0.25, -0.2) is 0 Å². The maximum Gasteiger partial charge on any atom is 0.416 e. The summed E-state index contributed by atoms with van der Waals surface area (Å²) in [5.41, 5.74) is -0.121. The van der Waals surface area contributed by atoms with Crippen LogP contribution in [-0.2, 0) is 12.7 Å². The van der Waals surface area contributed by atoms with Gasteiger partial charge in [0.15, 0.2) is 0 Å². The molecule has 2 nitrogen and oxygen atoms in total. The molecule has 0 saturated heterocycles. The number of halogens is 3. The van der Waals surface area contributed by atoms with E-state index in [9.17, 15) is 18.3 Å². The zero-order chi connectivity index (χ0) is 15.5. The van der Waals surface area contributed by atoms with Crippen LogP contribution in [0.4, 0.5) is 13.2 Å². The maximum atomic E-state index is 12.5. The smallest absolute Gasteiger partial charge is 0.394 e. The molecule has 0 spiro atoms. The van der Waals surface area contributed by atoms with Crippen molar-refractivity contribution < 1.29 is 18.3 Å². The van der Waals surface area contributed by atoms with Crippen LogP contribution >= 0.6 is 0 Å². The lowest BCUT2D eigenvalue weighted by Gasteiger charge is -2.39. The SMILES string of the molecule is CC1CCCC(CO)(NCc2ccc(C(F)(F)F)cc2)C1. The molecule has 0 amide bonds. The number of hydrogen-bond acceptors (Lipinski definition) is 2. The Bertz CT molecular complexity index is 458. The summed E-state index contributed by atoms with van der Waals surface area (Å²) in [6.07, 6.45) is -0.235. The Balaban J connectivity index is 1.98. The largest absolute Gasteiger partial charge is 0.416 e. The van der Waals surface area contributed by atoms with Crippen LogP contribution in [0, 0.1) is 5.92 Å². The zero-order valence-corrected chi connectivity index (χ0v) is 12.2. The molecule has 0 radical (unpaired) electrons. The van der Waals surface area contributed by atoms with Gasteiger partial charge in [-0.15, -0.1) is 0 Å². The number of alkyl halides is 3. The summed E-state index contributed by atoms with van der Waals surface area (Å²) in [5.74, 6) is 0.561. The number of aliphatic hydroxyl groups is 1. The van der Waals surface area contributed by atoms with Crippen LogP contribution in [0.25, 0.3) is 0 Å². The average Bonchev–Trinajstić information content (AvgIpc) is 2.45. The summed E-state index contributed by atoms with van der Waals surface area (Å²) in [6, 6.07) is 5.19. The molecule has 2 rings (SSSR count). The fraction of sp³-hybridized carbons (Fsp3) is 0.625. The number of hydrogen-bond donors (Lipinski definition) is 2. The van der Waals surface area contributed by atoms with E-state index in [1.807, 2.05) is 0 Å². The first kappa shape index (κ1) is 16.3. The van der Waals surface area contributed by atoms with E-state index in [1.165, 1.54) is 18.6 Å². The highest BCUT2D eigenvalue weighted by atomic mass is 19.4. The second-order valence-corrected chi connectivity index (χ2v) is 6.19. The van der Waals surface area contributed by atoms with Gasteiger partial charge in [0, 0.05) is 12.1 Å². The van der Waals surface area contributed by atoms with Crippen molar-refractivity contribution in [2.75, 3.05) is 6.61 Å². The standard InChI is InChI=1S/C16H22F3NO/c1-12-3-2-8-15(9-12,11-21)20-10-13-4-6-14(7-5-13)16(17,18)19/h4-7,12,20-21H,2-3,8-11H2,1H3. The highest BCUT2D eigenvalue weighted by Crippen LogP contribution is 2.32. The molecule has 1 aliphatic rings. The van der Waals surface area contributed by atoms with E-state index < -0.39 is 11.7 Å². The fourth-order valence-corrected chi connectivity index (χ4v) is 3.12. The van der Waals surface area contributed by atoms with Gasteiger partial charge in [-0.05, 0) is 36.5 Å². The molecule has 2 atom stereocenters. The van der Waals surface area contributed by atoms with Gasteiger partial charge >= 0.3 is 6.18 Å². The molecule has 2 N–H and O–H groups in total. The molecular formula is C16H22F3NO. The summed E-state index contributed by atoms with van der Waals surface area (Å²) in [4.78, 5) is 0. The minimum absolute atomic E-state index is 0.0674. The average molecular weight is 301 g/mol. The van der Waals surface area contributed by atoms with Crippen LogP contribution in [0.3, 0.4) is 0 Å². The molecule has 1 aromatic carbocycles. The molecular weight excluding hydrogens is 279 g/mol. The van der Waals surface area contributed by atoms with Crippen molar-refractivity contribution >= 4 is 0 Å². The topological polar surface area (TPSA) is 32.3 Å². The summed E-state index contributed by atoms with van der Waals surface area (Å²) < 4.78 is 37.5. The minimum atomic E-state index is -4.29. The van der Waals surface area contributed by atoms with Crippen LogP contribution in [0.15, 0.2) is 24.3 Å². The third-order valence-electron chi connectivity index (χ3n) is 4.34. The van der Waals surface area contributed by atoms with E-state index in [4.69, 9.17) is 0 Å². The molecule has 0 bridgehead atoms. The van der Waals surface area contributed by atoms with Gasteiger partial charge in [0.1, 0.15) is 0 Å². The number of benzene rings is 1. The fourth-order valence-electron chi connectivity index (χ4n) is 3.12. The van der Waals surface area contributed by atoms with Crippen LogP contribution in [0.2, 0.25) is 0 Å². The van der Waals surface area contributed by atoms with Crippen LogP contribution in [0.1, 0.15) is 43.7 Å². The Morgan fingerprint density at radius 3 is 2.48 bits per heavy atom. The van der Waals surface area contributed by atoms with Gasteiger partial charge in [-0.2, -0.15) is 13.2 Å². The molecule has 0 heterocycles. The monoisotopic (exact) mass is 301 g/mol. The van der Waals surface area contributed by atoms with E-state index in [-0.39, 0.29) is 12.1 Å². The predicted octanol–water partition coefficient (Wildman–Crippen LogP) is 3.74. The van der Waals surface area contributed by atoms with Crippen molar-refractivity contribution in [3.05, 3.63) is 35.4 Å². The highest BCUT2D eigenvalue weighted by molar-refractivity contribution is 5.24. The molecule has 21 heavy (non-hydrogen) atoms. The Morgan fingerprint density at radius 2 is 1.95 bits per heavy atom. The lowest BCUT2D eigenvalue weighted by molar-refractivity contribution is -0.137. The first-order valence-electron chi connectivity index (χ1n) is 7.37. The number of aliphatic hydroxyl groups excluding tert-OH is 1. The van der Waals surface area contributed by atoms with Crippen LogP contribution in [-0.4, -0.2) is 17.3 Å². The molecule has 1 fully saturated rings.